The maximum Gasteiger partial charge on any atom is 0.429 e. The van der Waals surface area contributed by atoms with Gasteiger partial charge < -0.3 is 14.8 Å². The van der Waals surface area contributed by atoms with Gasteiger partial charge in [0.1, 0.15) is 22.2 Å². The second kappa shape index (κ2) is 11.0. The number of rotatable bonds is 7. The summed E-state index contributed by atoms with van der Waals surface area (Å²) in [5, 5.41) is 12.2. The van der Waals surface area contributed by atoms with E-state index in [4.69, 9.17) is 9.47 Å². The van der Waals surface area contributed by atoms with Crippen molar-refractivity contribution in [2.75, 3.05) is 25.7 Å². The SMILES string of the molecule is CCNC(=O)c1c(OC)c(=O)c(-c2nnc(Cc3ccc(F)cc3F)s2)cn1N(C)C(=O)OC(C)(C)C. The number of carbonyl (C=O) groups is 2. The van der Waals surface area contributed by atoms with E-state index in [9.17, 15) is 23.2 Å². The molecule has 0 atom stereocenters. The van der Waals surface area contributed by atoms with Crippen LogP contribution in [0.1, 0.15) is 48.8 Å². The normalized spacial score (nSPS) is 11.2. The van der Waals surface area contributed by atoms with Gasteiger partial charge in [-0.25, -0.2) is 23.3 Å². The van der Waals surface area contributed by atoms with Crippen molar-refractivity contribution >= 4 is 23.3 Å². The molecule has 0 aliphatic rings. The number of nitrogens with one attached hydrogen (secondary N) is 1. The molecule has 0 saturated heterocycles. The van der Waals surface area contributed by atoms with Crippen LogP contribution in [0.15, 0.2) is 29.2 Å². The van der Waals surface area contributed by atoms with Crippen molar-refractivity contribution in [2.45, 2.75) is 39.7 Å². The third kappa shape index (κ3) is 6.28. The summed E-state index contributed by atoms with van der Waals surface area (Å²) in [5.41, 5.74) is -1.51. The predicted octanol–water partition coefficient (Wildman–Crippen LogP) is 3.50. The molecule has 0 fully saturated rings. The zero-order valence-electron chi connectivity index (χ0n) is 21.2. The molecule has 0 aliphatic carbocycles. The lowest BCUT2D eigenvalue weighted by molar-refractivity contribution is 0.0549. The maximum absolute atomic E-state index is 14.1. The van der Waals surface area contributed by atoms with Crippen LogP contribution in [0.4, 0.5) is 13.6 Å². The van der Waals surface area contributed by atoms with Crippen molar-refractivity contribution in [2.24, 2.45) is 0 Å². The number of hydrogen-bond acceptors (Lipinski definition) is 8. The number of nitrogens with zero attached hydrogens (tertiary/aromatic N) is 4. The molecular weight excluding hydrogens is 508 g/mol. The van der Waals surface area contributed by atoms with E-state index < -0.39 is 34.7 Å². The first kappa shape index (κ1) is 27.7. The van der Waals surface area contributed by atoms with Crippen molar-refractivity contribution in [3.05, 3.63) is 62.5 Å². The minimum Gasteiger partial charge on any atom is -0.491 e. The van der Waals surface area contributed by atoms with E-state index in [0.717, 1.165) is 33.2 Å². The van der Waals surface area contributed by atoms with Gasteiger partial charge in [-0.05, 0) is 39.3 Å². The maximum atomic E-state index is 14.1. The highest BCUT2D eigenvalue weighted by Crippen LogP contribution is 2.27. The number of methoxy groups -OCH3 is 1. The van der Waals surface area contributed by atoms with Crippen molar-refractivity contribution in [3.63, 3.8) is 0 Å². The summed E-state index contributed by atoms with van der Waals surface area (Å²) in [7, 11) is 2.59. The summed E-state index contributed by atoms with van der Waals surface area (Å²) >= 11 is 1.00. The fourth-order valence-corrected chi connectivity index (χ4v) is 4.16. The topological polar surface area (TPSA) is 116 Å². The summed E-state index contributed by atoms with van der Waals surface area (Å²) < 4.78 is 39.2. The fraction of sp³-hybridized carbons (Fsp3) is 0.375. The lowest BCUT2D eigenvalue weighted by Gasteiger charge is -2.28. The van der Waals surface area contributed by atoms with Crippen molar-refractivity contribution < 1.29 is 27.8 Å². The third-order valence-corrected chi connectivity index (χ3v) is 5.89. The second-order valence-electron chi connectivity index (χ2n) is 8.88. The van der Waals surface area contributed by atoms with Gasteiger partial charge in [0.25, 0.3) is 5.91 Å². The van der Waals surface area contributed by atoms with Crippen LogP contribution in [0.2, 0.25) is 0 Å². The molecule has 10 nitrogen and oxygen atoms in total. The second-order valence-corrected chi connectivity index (χ2v) is 9.94. The first-order valence-electron chi connectivity index (χ1n) is 11.2. The first-order valence-corrected chi connectivity index (χ1v) is 12.0. The van der Waals surface area contributed by atoms with E-state index in [2.05, 4.69) is 15.5 Å². The lowest BCUT2D eigenvalue weighted by Crippen LogP contribution is -2.44. The van der Waals surface area contributed by atoms with Gasteiger partial charge in [-0.1, -0.05) is 17.4 Å². The Morgan fingerprint density at radius 3 is 2.51 bits per heavy atom. The molecule has 0 aliphatic heterocycles. The van der Waals surface area contributed by atoms with E-state index in [0.29, 0.717) is 5.01 Å². The number of ether oxygens (including phenoxy) is 2. The van der Waals surface area contributed by atoms with E-state index >= 15 is 0 Å². The standard InChI is InChI=1S/C24H27F2N5O5S/c1-7-27-21(33)18-20(35-6)19(32)15(12-31(18)30(5)23(34)36-24(2,3)4)22-29-28-17(37-22)10-13-8-9-14(25)11-16(13)26/h8-9,11-12H,7,10H2,1-6H3,(H,27,33). The Morgan fingerprint density at radius 2 is 1.92 bits per heavy atom. The third-order valence-electron chi connectivity index (χ3n) is 4.94. The van der Waals surface area contributed by atoms with E-state index in [1.165, 1.54) is 26.4 Å². The highest BCUT2D eigenvalue weighted by Gasteiger charge is 2.29. The van der Waals surface area contributed by atoms with Gasteiger partial charge in [0.2, 0.25) is 5.43 Å². The molecule has 2 aromatic heterocycles. The molecule has 37 heavy (non-hydrogen) atoms. The van der Waals surface area contributed by atoms with Crippen LogP contribution < -0.4 is 20.5 Å². The molecule has 2 amide bonds. The van der Waals surface area contributed by atoms with Crippen molar-refractivity contribution in [3.8, 4) is 16.3 Å². The molecule has 1 N–H and O–H groups in total. The monoisotopic (exact) mass is 535 g/mol. The molecule has 2 heterocycles. The molecule has 0 bridgehead atoms. The number of halogens is 2. The van der Waals surface area contributed by atoms with Gasteiger partial charge in [-0.3, -0.25) is 9.59 Å². The zero-order valence-corrected chi connectivity index (χ0v) is 22.0. The lowest BCUT2D eigenvalue weighted by atomic mass is 10.1. The zero-order chi connectivity index (χ0) is 27.5. The number of carbonyl (C=O) groups excluding carboxylic acids is 2. The Hall–Kier alpha value is -3.87. The molecular formula is C24H27F2N5O5S. The molecule has 0 unspecified atom stereocenters. The van der Waals surface area contributed by atoms with E-state index in [-0.39, 0.29) is 40.5 Å². The molecule has 0 radical (unpaired) electrons. The Morgan fingerprint density at radius 1 is 1.22 bits per heavy atom. The average Bonchev–Trinajstić information content (AvgIpc) is 3.27. The average molecular weight is 536 g/mol. The number of benzene rings is 1. The number of amides is 2. The van der Waals surface area contributed by atoms with Gasteiger partial charge in [-0.2, -0.15) is 0 Å². The minimum absolute atomic E-state index is 0.0105. The van der Waals surface area contributed by atoms with Gasteiger partial charge in [-0.15, -0.1) is 10.2 Å². The quantitative estimate of drug-likeness (QED) is 0.492. The highest BCUT2D eigenvalue weighted by atomic mass is 32.1. The van der Waals surface area contributed by atoms with E-state index in [1.54, 1.807) is 27.7 Å². The van der Waals surface area contributed by atoms with Crippen LogP contribution >= 0.6 is 11.3 Å². The van der Waals surface area contributed by atoms with E-state index in [1.807, 2.05) is 0 Å². The molecule has 3 rings (SSSR count). The van der Waals surface area contributed by atoms with Crippen molar-refractivity contribution in [1.82, 2.24) is 20.2 Å². The summed E-state index contributed by atoms with van der Waals surface area (Å²) in [4.78, 5) is 39.1. The molecule has 3 aromatic rings. The molecule has 0 spiro atoms. The van der Waals surface area contributed by atoms with Gasteiger partial charge in [0.05, 0.1) is 12.7 Å². The Kier molecular flexibility index (Phi) is 8.26. The predicted molar refractivity (Wildman–Crippen MR) is 134 cm³/mol. The van der Waals surface area contributed by atoms with Crippen LogP contribution in [0.25, 0.3) is 10.6 Å². The van der Waals surface area contributed by atoms with Crippen LogP contribution in [0.3, 0.4) is 0 Å². The van der Waals surface area contributed by atoms with Gasteiger partial charge in [0, 0.05) is 32.3 Å². The van der Waals surface area contributed by atoms with Gasteiger partial charge in [0.15, 0.2) is 16.5 Å². The smallest absolute Gasteiger partial charge is 0.429 e. The summed E-state index contributed by atoms with van der Waals surface area (Å²) in [6, 6.07) is 3.21. The molecule has 1 aromatic carbocycles. The summed E-state index contributed by atoms with van der Waals surface area (Å²) in [6.45, 7) is 7.02. The Labute approximate surface area is 215 Å². The Balaban J connectivity index is 2.12. The van der Waals surface area contributed by atoms with Gasteiger partial charge >= 0.3 is 6.09 Å². The number of pyridine rings is 1. The van der Waals surface area contributed by atoms with Crippen LogP contribution in [-0.4, -0.2) is 53.2 Å². The molecule has 0 saturated carbocycles. The largest absolute Gasteiger partial charge is 0.491 e. The molecule has 13 heteroatoms. The minimum atomic E-state index is -0.826. The summed E-state index contributed by atoms with van der Waals surface area (Å²) in [6.07, 6.45) is 0.492. The Bertz CT molecular complexity index is 1380. The van der Waals surface area contributed by atoms with Crippen molar-refractivity contribution in [1.29, 1.82) is 0 Å². The fourth-order valence-electron chi connectivity index (χ4n) is 3.29. The summed E-state index contributed by atoms with van der Waals surface area (Å²) in [5.74, 6) is -2.40. The molecule has 198 valence electrons. The number of hydrogen-bond donors (Lipinski definition) is 1. The van der Waals surface area contributed by atoms with Crippen LogP contribution in [0.5, 0.6) is 5.75 Å². The van der Waals surface area contributed by atoms with Crippen LogP contribution in [-0.2, 0) is 11.2 Å². The first-order chi connectivity index (χ1) is 17.4. The highest BCUT2D eigenvalue weighted by molar-refractivity contribution is 7.14. The van der Waals surface area contributed by atoms with Crippen LogP contribution in [0, 0.1) is 11.6 Å². The number of aromatic nitrogens is 3.